The second-order valence-electron chi connectivity index (χ2n) is 6.06. The Hall–Kier alpha value is -2.25. The Labute approximate surface area is 146 Å². The van der Waals surface area contributed by atoms with Crippen molar-refractivity contribution >= 4 is 21.6 Å². The molecule has 1 heterocycles. The van der Waals surface area contributed by atoms with E-state index in [4.69, 9.17) is 0 Å². The van der Waals surface area contributed by atoms with E-state index < -0.39 is 27.8 Å². The Bertz CT molecular complexity index is 881. The second kappa shape index (κ2) is 6.93. The number of rotatable bonds is 4. The van der Waals surface area contributed by atoms with E-state index in [1.807, 2.05) is 6.92 Å². The zero-order valence-electron chi connectivity index (χ0n) is 13.8. The molecule has 3 rings (SSSR count). The number of anilines is 1. The number of carbonyl (C=O) groups excluding carboxylic acids is 1. The molecule has 0 saturated carbocycles. The highest BCUT2D eigenvalue weighted by molar-refractivity contribution is 7.89. The van der Waals surface area contributed by atoms with Gasteiger partial charge in [0.15, 0.2) is 0 Å². The van der Waals surface area contributed by atoms with Crippen LogP contribution in [0.4, 0.5) is 10.1 Å². The fourth-order valence-corrected chi connectivity index (χ4v) is 4.57. The maximum absolute atomic E-state index is 13.7. The minimum atomic E-state index is -3.77. The average molecular weight is 362 g/mol. The fraction of sp³-hybridized carbons (Fsp3) is 0.278. The van der Waals surface area contributed by atoms with E-state index in [1.165, 1.54) is 34.6 Å². The lowest BCUT2D eigenvalue weighted by Crippen LogP contribution is -2.43. The number of hydrogen-bond acceptors (Lipinski definition) is 3. The Morgan fingerprint density at radius 2 is 1.84 bits per heavy atom. The van der Waals surface area contributed by atoms with Gasteiger partial charge in [-0.2, -0.15) is 4.31 Å². The summed E-state index contributed by atoms with van der Waals surface area (Å²) in [5.74, 6) is -1.07. The molecule has 132 valence electrons. The van der Waals surface area contributed by atoms with Gasteiger partial charge in [-0.05, 0) is 44.0 Å². The smallest absolute Gasteiger partial charge is 0.243 e. The highest BCUT2D eigenvalue weighted by Gasteiger charge is 2.39. The lowest BCUT2D eigenvalue weighted by atomic mass is 10.2. The van der Waals surface area contributed by atoms with E-state index in [0.717, 1.165) is 5.56 Å². The molecular formula is C18H19FN2O3S. The minimum Gasteiger partial charge on any atom is -0.322 e. The molecule has 1 N–H and O–H groups in total. The van der Waals surface area contributed by atoms with Gasteiger partial charge in [0.25, 0.3) is 0 Å². The largest absolute Gasteiger partial charge is 0.322 e. The highest BCUT2D eigenvalue weighted by Crippen LogP contribution is 2.27. The van der Waals surface area contributed by atoms with E-state index >= 15 is 0 Å². The van der Waals surface area contributed by atoms with Crippen molar-refractivity contribution in [3.63, 3.8) is 0 Å². The number of amides is 1. The topological polar surface area (TPSA) is 66.5 Å². The van der Waals surface area contributed by atoms with Crippen molar-refractivity contribution in [3.05, 3.63) is 59.9 Å². The maximum Gasteiger partial charge on any atom is 0.243 e. The van der Waals surface area contributed by atoms with Gasteiger partial charge in [0, 0.05) is 6.54 Å². The minimum absolute atomic E-state index is 0.0482. The molecule has 0 bridgehead atoms. The van der Waals surface area contributed by atoms with Crippen LogP contribution >= 0.6 is 0 Å². The summed E-state index contributed by atoms with van der Waals surface area (Å²) >= 11 is 0. The number of nitrogens with zero attached hydrogens (tertiary/aromatic N) is 1. The van der Waals surface area contributed by atoms with E-state index in [9.17, 15) is 17.6 Å². The van der Waals surface area contributed by atoms with Crippen molar-refractivity contribution in [2.75, 3.05) is 11.9 Å². The molecule has 2 aromatic carbocycles. The molecule has 0 unspecified atom stereocenters. The van der Waals surface area contributed by atoms with Crippen LogP contribution in [0.5, 0.6) is 0 Å². The van der Waals surface area contributed by atoms with E-state index in [0.29, 0.717) is 12.8 Å². The van der Waals surface area contributed by atoms with Gasteiger partial charge in [0.05, 0.1) is 10.6 Å². The molecule has 2 aromatic rings. The van der Waals surface area contributed by atoms with Crippen molar-refractivity contribution in [3.8, 4) is 0 Å². The van der Waals surface area contributed by atoms with Crippen LogP contribution in [0, 0.1) is 12.7 Å². The van der Waals surface area contributed by atoms with Crippen molar-refractivity contribution in [2.45, 2.75) is 30.7 Å². The number of aryl methyl sites for hydroxylation is 1. The molecule has 7 heteroatoms. The Morgan fingerprint density at radius 3 is 2.52 bits per heavy atom. The molecule has 0 aliphatic carbocycles. The first-order valence-electron chi connectivity index (χ1n) is 8.03. The highest BCUT2D eigenvalue weighted by atomic mass is 32.2. The number of benzene rings is 2. The van der Waals surface area contributed by atoms with Gasteiger partial charge in [0.1, 0.15) is 11.9 Å². The van der Waals surface area contributed by atoms with Crippen LogP contribution in [0.25, 0.3) is 0 Å². The van der Waals surface area contributed by atoms with Crippen LogP contribution in [0.3, 0.4) is 0 Å². The summed E-state index contributed by atoms with van der Waals surface area (Å²) in [6, 6.07) is 11.5. The lowest BCUT2D eigenvalue weighted by molar-refractivity contribution is -0.119. The molecule has 1 aliphatic rings. The van der Waals surface area contributed by atoms with Crippen LogP contribution in [-0.2, 0) is 14.8 Å². The third kappa shape index (κ3) is 3.57. The monoisotopic (exact) mass is 362 g/mol. The predicted octanol–water partition coefficient (Wildman–Crippen LogP) is 2.93. The zero-order valence-corrected chi connectivity index (χ0v) is 14.6. The number of carbonyl (C=O) groups is 1. The SMILES string of the molecule is Cc1ccc(S(=O)(=O)N2CCC[C@@H]2C(=O)Nc2ccccc2F)cc1. The number of hydrogen-bond donors (Lipinski definition) is 1. The summed E-state index contributed by atoms with van der Waals surface area (Å²) < 4.78 is 40.6. The van der Waals surface area contributed by atoms with E-state index in [1.54, 1.807) is 18.2 Å². The predicted molar refractivity (Wildman–Crippen MR) is 93.1 cm³/mol. The maximum atomic E-state index is 13.7. The van der Waals surface area contributed by atoms with Gasteiger partial charge in [-0.1, -0.05) is 29.8 Å². The Kier molecular flexibility index (Phi) is 4.87. The van der Waals surface area contributed by atoms with Gasteiger partial charge < -0.3 is 5.32 Å². The molecule has 1 atom stereocenters. The first-order valence-corrected chi connectivity index (χ1v) is 9.47. The fourth-order valence-electron chi connectivity index (χ4n) is 2.91. The van der Waals surface area contributed by atoms with Crippen LogP contribution in [0.1, 0.15) is 18.4 Å². The molecule has 1 aliphatic heterocycles. The van der Waals surface area contributed by atoms with Crippen molar-refractivity contribution in [1.82, 2.24) is 4.31 Å². The van der Waals surface area contributed by atoms with Crippen LogP contribution in [0.2, 0.25) is 0 Å². The third-order valence-electron chi connectivity index (χ3n) is 4.27. The average Bonchev–Trinajstić information content (AvgIpc) is 3.08. The summed E-state index contributed by atoms with van der Waals surface area (Å²) in [7, 11) is -3.77. The lowest BCUT2D eigenvalue weighted by Gasteiger charge is -2.23. The number of halogens is 1. The van der Waals surface area contributed by atoms with Crippen LogP contribution in [0.15, 0.2) is 53.4 Å². The Morgan fingerprint density at radius 1 is 1.16 bits per heavy atom. The summed E-state index contributed by atoms with van der Waals surface area (Å²) in [6.07, 6.45) is 0.992. The summed E-state index contributed by atoms with van der Waals surface area (Å²) in [4.78, 5) is 12.7. The molecule has 0 aromatic heterocycles. The molecule has 1 amide bonds. The standard InChI is InChI=1S/C18H19FN2O3S/c1-13-8-10-14(11-9-13)25(23,24)21-12-4-7-17(21)18(22)20-16-6-3-2-5-15(16)19/h2-3,5-6,8-11,17H,4,7,12H2,1H3,(H,20,22)/t17-/m1/s1. The summed E-state index contributed by atoms with van der Waals surface area (Å²) in [5.41, 5.74) is 1.00. The van der Waals surface area contributed by atoms with Crippen LogP contribution < -0.4 is 5.32 Å². The third-order valence-corrected chi connectivity index (χ3v) is 6.19. The van der Waals surface area contributed by atoms with Crippen molar-refractivity contribution in [1.29, 1.82) is 0 Å². The van der Waals surface area contributed by atoms with Gasteiger partial charge in [-0.25, -0.2) is 12.8 Å². The summed E-state index contributed by atoms with van der Waals surface area (Å²) in [6.45, 7) is 2.14. The normalized spacial score (nSPS) is 18.2. The zero-order chi connectivity index (χ0) is 18.0. The second-order valence-corrected chi connectivity index (χ2v) is 7.95. The number of sulfonamides is 1. The molecule has 1 saturated heterocycles. The molecule has 5 nitrogen and oxygen atoms in total. The van der Waals surface area contributed by atoms with Gasteiger partial charge in [-0.15, -0.1) is 0 Å². The molecular weight excluding hydrogens is 343 g/mol. The quantitative estimate of drug-likeness (QED) is 0.909. The van der Waals surface area contributed by atoms with E-state index in [2.05, 4.69) is 5.32 Å². The van der Waals surface area contributed by atoms with Gasteiger partial charge in [-0.3, -0.25) is 4.79 Å². The first kappa shape index (κ1) is 17.6. The first-order chi connectivity index (χ1) is 11.9. The Balaban J connectivity index is 1.83. The number of nitrogens with one attached hydrogen (secondary N) is 1. The van der Waals surface area contributed by atoms with E-state index in [-0.39, 0.29) is 17.1 Å². The summed E-state index contributed by atoms with van der Waals surface area (Å²) in [5, 5.41) is 2.49. The van der Waals surface area contributed by atoms with Crippen molar-refractivity contribution < 1.29 is 17.6 Å². The van der Waals surface area contributed by atoms with Crippen molar-refractivity contribution in [2.24, 2.45) is 0 Å². The van der Waals surface area contributed by atoms with Gasteiger partial charge in [0.2, 0.25) is 15.9 Å². The molecule has 1 fully saturated rings. The number of para-hydroxylation sites is 1. The molecule has 25 heavy (non-hydrogen) atoms. The van der Waals surface area contributed by atoms with Gasteiger partial charge >= 0.3 is 0 Å². The molecule has 0 spiro atoms. The molecule has 0 radical (unpaired) electrons. The van der Waals surface area contributed by atoms with Crippen LogP contribution in [-0.4, -0.2) is 31.2 Å².